The lowest BCUT2D eigenvalue weighted by Gasteiger charge is -2.13. The molecule has 3 rings (SSSR count). The minimum Gasteiger partial charge on any atom is -0.307 e. The summed E-state index contributed by atoms with van der Waals surface area (Å²) in [6, 6.07) is 8.82. The van der Waals surface area contributed by atoms with Crippen molar-refractivity contribution >= 4 is 21.6 Å². The molecule has 0 spiro atoms. The molecule has 6 nitrogen and oxygen atoms in total. The van der Waals surface area contributed by atoms with E-state index < -0.39 is 9.84 Å². The third-order valence-electron chi connectivity index (χ3n) is 3.97. The molecule has 1 N–H and O–H groups in total. The predicted molar refractivity (Wildman–Crippen MR) is 88.4 cm³/mol. The largest absolute Gasteiger partial charge is 0.307 e. The van der Waals surface area contributed by atoms with Crippen molar-refractivity contribution in [1.29, 1.82) is 0 Å². The average molecular weight is 333 g/mol. The number of nitrogens with zero attached hydrogens (tertiary/aromatic N) is 2. The number of hydrogen-bond donors (Lipinski definition) is 1. The van der Waals surface area contributed by atoms with Gasteiger partial charge in [0.15, 0.2) is 9.84 Å². The van der Waals surface area contributed by atoms with Crippen LogP contribution in [0.1, 0.15) is 34.1 Å². The summed E-state index contributed by atoms with van der Waals surface area (Å²) >= 11 is 0. The molecule has 1 unspecified atom stereocenters. The van der Waals surface area contributed by atoms with Crippen LogP contribution in [-0.2, 0) is 9.84 Å². The van der Waals surface area contributed by atoms with Crippen molar-refractivity contribution in [3.8, 4) is 0 Å². The molecule has 1 aliphatic heterocycles. The fourth-order valence-electron chi connectivity index (χ4n) is 2.75. The summed E-state index contributed by atoms with van der Waals surface area (Å²) in [5.41, 5.74) is 2.38. The molecule has 1 fully saturated rings. The number of aryl methyl sites for hydroxylation is 2. The van der Waals surface area contributed by atoms with Gasteiger partial charge in [0.25, 0.3) is 5.91 Å². The number of carbonyl (C=O) groups is 1. The minimum absolute atomic E-state index is 0.0710. The zero-order valence-corrected chi connectivity index (χ0v) is 13.9. The van der Waals surface area contributed by atoms with Gasteiger partial charge >= 0.3 is 0 Å². The van der Waals surface area contributed by atoms with Gasteiger partial charge in [0.2, 0.25) is 0 Å². The number of amides is 1. The van der Waals surface area contributed by atoms with Crippen LogP contribution in [0.5, 0.6) is 0 Å². The number of aromatic nitrogens is 2. The molecule has 0 saturated carbocycles. The first kappa shape index (κ1) is 15.7. The summed E-state index contributed by atoms with van der Waals surface area (Å²) in [4.78, 5) is 12.4. The van der Waals surface area contributed by atoms with Crippen LogP contribution in [0.3, 0.4) is 0 Å². The molecule has 1 aliphatic rings. The van der Waals surface area contributed by atoms with Crippen LogP contribution in [0.15, 0.2) is 30.3 Å². The van der Waals surface area contributed by atoms with E-state index in [1.807, 2.05) is 26.0 Å². The monoisotopic (exact) mass is 333 g/mol. The molecule has 1 aromatic carbocycles. The highest BCUT2D eigenvalue weighted by Gasteiger charge is 2.31. The van der Waals surface area contributed by atoms with Crippen LogP contribution in [0.2, 0.25) is 0 Å². The van der Waals surface area contributed by atoms with Gasteiger partial charge in [-0.25, -0.2) is 13.1 Å². The summed E-state index contributed by atoms with van der Waals surface area (Å²) in [6.07, 6.45) is 0.525. The third kappa shape index (κ3) is 3.44. The van der Waals surface area contributed by atoms with Gasteiger partial charge in [-0.1, -0.05) is 17.7 Å². The Bertz CT molecular complexity index is 838. The summed E-state index contributed by atoms with van der Waals surface area (Å²) in [6.45, 7) is 3.78. The molecule has 0 radical (unpaired) electrons. The van der Waals surface area contributed by atoms with Crippen molar-refractivity contribution in [2.24, 2.45) is 0 Å². The number of anilines is 1. The van der Waals surface area contributed by atoms with E-state index in [9.17, 15) is 13.2 Å². The smallest absolute Gasteiger partial charge is 0.256 e. The molecule has 2 heterocycles. The molecule has 1 saturated heterocycles. The summed E-state index contributed by atoms with van der Waals surface area (Å²) in [5.74, 6) is 0.547. The van der Waals surface area contributed by atoms with Gasteiger partial charge in [0.1, 0.15) is 5.82 Å². The quantitative estimate of drug-likeness (QED) is 0.933. The Morgan fingerprint density at radius 3 is 2.57 bits per heavy atom. The fourth-order valence-corrected chi connectivity index (χ4v) is 4.44. The molecule has 23 heavy (non-hydrogen) atoms. The Kier molecular flexibility index (Phi) is 3.97. The Balaban J connectivity index is 1.83. The van der Waals surface area contributed by atoms with Crippen LogP contribution in [-0.4, -0.2) is 35.6 Å². The maximum atomic E-state index is 12.4. The second-order valence-electron chi connectivity index (χ2n) is 5.99. The SMILES string of the molecule is Cc1ccc(C(=O)Nc2cc(C)nn2C2CCS(=O)(=O)C2)cc1. The number of rotatable bonds is 3. The molecular formula is C16H19N3O3S. The molecule has 1 aromatic heterocycles. The molecular weight excluding hydrogens is 314 g/mol. The molecule has 1 amide bonds. The normalized spacial score (nSPS) is 19.7. The van der Waals surface area contributed by atoms with Crippen molar-refractivity contribution in [3.63, 3.8) is 0 Å². The first-order chi connectivity index (χ1) is 10.8. The second-order valence-corrected chi connectivity index (χ2v) is 8.22. The maximum Gasteiger partial charge on any atom is 0.256 e. The molecule has 122 valence electrons. The number of carbonyl (C=O) groups excluding carboxylic acids is 1. The minimum atomic E-state index is -3.01. The summed E-state index contributed by atoms with van der Waals surface area (Å²) < 4.78 is 25.0. The Morgan fingerprint density at radius 2 is 1.96 bits per heavy atom. The van der Waals surface area contributed by atoms with E-state index in [2.05, 4.69) is 10.4 Å². The van der Waals surface area contributed by atoms with E-state index in [0.29, 0.717) is 17.8 Å². The van der Waals surface area contributed by atoms with E-state index in [0.717, 1.165) is 11.3 Å². The second kappa shape index (κ2) is 5.81. The van der Waals surface area contributed by atoms with Gasteiger partial charge in [-0.3, -0.25) is 4.79 Å². The Morgan fingerprint density at radius 1 is 1.26 bits per heavy atom. The number of hydrogen-bond acceptors (Lipinski definition) is 4. The van der Waals surface area contributed by atoms with Gasteiger partial charge in [0, 0.05) is 11.6 Å². The van der Waals surface area contributed by atoms with E-state index in [4.69, 9.17) is 0 Å². The molecule has 2 aromatic rings. The predicted octanol–water partition coefficient (Wildman–Crippen LogP) is 2.11. The van der Waals surface area contributed by atoms with Crippen LogP contribution in [0.25, 0.3) is 0 Å². The number of sulfone groups is 1. The van der Waals surface area contributed by atoms with E-state index in [1.54, 1.807) is 22.9 Å². The molecule has 0 aliphatic carbocycles. The van der Waals surface area contributed by atoms with Gasteiger partial charge in [-0.15, -0.1) is 0 Å². The van der Waals surface area contributed by atoms with Crippen LogP contribution in [0.4, 0.5) is 5.82 Å². The zero-order chi connectivity index (χ0) is 16.6. The zero-order valence-electron chi connectivity index (χ0n) is 13.1. The molecule has 0 bridgehead atoms. The van der Waals surface area contributed by atoms with Gasteiger partial charge < -0.3 is 5.32 Å². The standard InChI is InChI=1S/C16H19N3O3S/c1-11-3-5-13(6-4-11)16(20)17-15-9-12(2)18-19(15)14-7-8-23(21,22)10-14/h3-6,9,14H,7-8,10H2,1-2H3,(H,17,20). The summed E-state index contributed by atoms with van der Waals surface area (Å²) in [7, 11) is -3.01. The maximum absolute atomic E-state index is 12.4. The Labute approximate surface area is 135 Å². The third-order valence-corrected chi connectivity index (χ3v) is 5.72. The van der Waals surface area contributed by atoms with Gasteiger partial charge in [0.05, 0.1) is 23.2 Å². The van der Waals surface area contributed by atoms with Crippen molar-refractivity contribution in [3.05, 3.63) is 47.2 Å². The first-order valence-electron chi connectivity index (χ1n) is 7.49. The van der Waals surface area contributed by atoms with Crippen molar-refractivity contribution < 1.29 is 13.2 Å². The lowest BCUT2D eigenvalue weighted by molar-refractivity contribution is 0.102. The van der Waals surface area contributed by atoms with Crippen LogP contribution >= 0.6 is 0 Å². The topological polar surface area (TPSA) is 81.1 Å². The average Bonchev–Trinajstić information content (AvgIpc) is 3.02. The lowest BCUT2D eigenvalue weighted by Crippen LogP contribution is -2.19. The number of benzene rings is 1. The Hall–Kier alpha value is -2.15. The van der Waals surface area contributed by atoms with Gasteiger partial charge in [-0.2, -0.15) is 5.10 Å². The summed E-state index contributed by atoms with van der Waals surface area (Å²) in [5, 5.41) is 7.19. The first-order valence-corrected chi connectivity index (χ1v) is 9.31. The van der Waals surface area contributed by atoms with Crippen molar-refractivity contribution in [2.45, 2.75) is 26.3 Å². The van der Waals surface area contributed by atoms with Crippen LogP contribution < -0.4 is 5.32 Å². The van der Waals surface area contributed by atoms with Crippen molar-refractivity contribution in [2.75, 3.05) is 16.8 Å². The van der Waals surface area contributed by atoms with Crippen molar-refractivity contribution in [1.82, 2.24) is 9.78 Å². The fraction of sp³-hybridized carbons (Fsp3) is 0.375. The lowest BCUT2D eigenvalue weighted by atomic mass is 10.1. The van der Waals surface area contributed by atoms with E-state index in [-0.39, 0.29) is 23.5 Å². The highest BCUT2D eigenvalue weighted by molar-refractivity contribution is 7.91. The molecule has 1 atom stereocenters. The number of nitrogens with one attached hydrogen (secondary N) is 1. The van der Waals surface area contributed by atoms with Gasteiger partial charge in [-0.05, 0) is 32.4 Å². The van der Waals surface area contributed by atoms with Crippen LogP contribution in [0, 0.1) is 13.8 Å². The molecule has 7 heteroatoms. The van der Waals surface area contributed by atoms with E-state index in [1.165, 1.54) is 0 Å². The van der Waals surface area contributed by atoms with E-state index >= 15 is 0 Å². The highest BCUT2D eigenvalue weighted by atomic mass is 32.2. The highest BCUT2D eigenvalue weighted by Crippen LogP contribution is 2.27.